The highest BCUT2D eigenvalue weighted by atomic mass is 16.6. The number of benzene rings is 2. The van der Waals surface area contributed by atoms with E-state index in [1.807, 2.05) is 60.7 Å². The van der Waals surface area contributed by atoms with Gasteiger partial charge in [0.25, 0.3) is 0 Å². The summed E-state index contributed by atoms with van der Waals surface area (Å²) in [7, 11) is 0. The molecule has 0 atom stereocenters. The van der Waals surface area contributed by atoms with Gasteiger partial charge in [-0.15, -0.1) is 0 Å². The van der Waals surface area contributed by atoms with Crippen LogP contribution in [0, 0.1) is 0 Å². The van der Waals surface area contributed by atoms with Gasteiger partial charge >= 0.3 is 11.9 Å². The maximum absolute atomic E-state index is 12.7. The van der Waals surface area contributed by atoms with Gasteiger partial charge in [0.05, 0.1) is 13.2 Å². The molecule has 0 spiro atoms. The van der Waals surface area contributed by atoms with Gasteiger partial charge in [0, 0.05) is 12.3 Å². The molecule has 0 saturated carbocycles. The van der Waals surface area contributed by atoms with E-state index in [1.165, 1.54) is 0 Å². The number of carbonyl (C=O) groups excluding carboxylic acids is 3. The summed E-state index contributed by atoms with van der Waals surface area (Å²) in [6, 6.07) is 17.7. The first-order valence-electron chi connectivity index (χ1n) is 9.29. The molecule has 6 heteroatoms. The number of amides is 1. The molecule has 2 aromatic rings. The summed E-state index contributed by atoms with van der Waals surface area (Å²) in [6.07, 6.45) is 0.0728. The Morgan fingerprint density at radius 3 is 1.61 bits per heavy atom. The fourth-order valence-electron chi connectivity index (χ4n) is 2.87. The Labute approximate surface area is 164 Å². The molecule has 0 heterocycles. The van der Waals surface area contributed by atoms with Crippen LogP contribution in [0.1, 0.15) is 37.3 Å². The molecule has 1 amide bonds. The van der Waals surface area contributed by atoms with Crippen LogP contribution in [0.3, 0.4) is 0 Å². The van der Waals surface area contributed by atoms with Crippen molar-refractivity contribution in [3.05, 3.63) is 71.8 Å². The van der Waals surface area contributed by atoms with Gasteiger partial charge in [-0.25, -0.2) is 9.59 Å². The molecule has 0 saturated heterocycles. The lowest BCUT2D eigenvalue weighted by Gasteiger charge is -2.20. The number of nitrogens with one attached hydrogen (secondary N) is 1. The second kappa shape index (κ2) is 10.9. The van der Waals surface area contributed by atoms with Crippen LogP contribution in [0.5, 0.6) is 0 Å². The molecule has 6 nitrogen and oxygen atoms in total. The van der Waals surface area contributed by atoms with Gasteiger partial charge < -0.3 is 14.8 Å². The normalized spacial score (nSPS) is 10.6. The van der Waals surface area contributed by atoms with Gasteiger partial charge in [-0.05, 0) is 25.0 Å². The molecule has 148 valence electrons. The topological polar surface area (TPSA) is 81.7 Å². The summed E-state index contributed by atoms with van der Waals surface area (Å²) in [6.45, 7) is 3.45. The van der Waals surface area contributed by atoms with E-state index < -0.39 is 23.9 Å². The fourth-order valence-corrected chi connectivity index (χ4v) is 2.87. The number of hydrogen-bond donors (Lipinski definition) is 1. The van der Waals surface area contributed by atoms with Crippen LogP contribution < -0.4 is 5.32 Å². The van der Waals surface area contributed by atoms with Crippen molar-refractivity contribution in [1.82, 2.24) is 5.32 Å². The summed E-state index contributed by atoms with van der Waals surface area (Å²) in [5.74, 6) is -2.31. The number of esters is 2. The van der Waals surface area contributed by atoms with E-state index in [9.17, 15) is 14.4 Å². The molecule has 0 fully saturated rings. The Morgan fingerprint density at radius 2 is 1.21 bits per heavy atom. The van der Waals surface area contributed by atoms with Gasteiger partial charge in [0.15, 0.2) is 0 Å². The quantitative estimate of drug-likeness (QED) is 0.532. The summed E-state index contributed by atoms with van der Waals surface area (Å²) in [5.41, 5.74) is 1.93. The van der Waals surface area contributed by atoms with Gasteiger partial charge in [0.2, 0.25) is 11.9 Å². The first-order chi connectivity index (χ1) is 13.6. The molecule has 1 N–H and O–H groups in total. The van der Waals surface area contributed by atoms with Crippen LogP contribution >= 0.6 is 0 Å². The van der Waals surface area contributed by atoms with Gasteiger partial charge in [-0.1, -0.05) is 60.7 Å². The van der Waals surface area contributed by atoms with E-state index in [-0.39, 0.29) is 25.6 Å². The highest BCUT2D eigenvalue weighted by molar-refractivity contribution is 6.02. The second-order valence-corrected chi connectivity index (χ2v) is 6.08. The lowest BCUT2D eigenvalue weighted by atomic mass is 9.88. The molecule has 0 aromatic heterocycles. The fraction of sp³-hybridized carbons (Fsp3) is 0.318. The van der Waals surface area contributed by atoms with Gasteiger partial charge in [-0.2, -0.15) is 0 Å². The molecule has 2 rings (SSSR count). The third-order valence-electron chi connectivity index (χ3n) is 4.14. The smallest absolute Gasteiger partial charge is 0.340 e. The molecule has 0 radical (unpaired) electrons. The van der Waals surface area contributed by atoms with Gasteiger partial charge in [-0.3, -0.25) is 4.79 Å². The predicted octanol–water partition coefficient (Wildman–Crippen LogP) is 2.82. The minimum absolute atomic E-state index is 0.0728. The maximum Gasteiger partial charge on any atom is 0.340 e. The molecule has 0 aliphatic heterocycles. The van der Waals surface area contributed by atoms with Crippen molar-refractivity contribution >= 4 is 17.8 Å². The molecule has 0 bridgehead atoms. The highest BCUT2D eigenvalue weighted by Crippen LogP contribution is 2.27. The van der Waals surface area contributed by atoms with Crippen LogP contribution in [-0.4, -0.2) is 37.1 Å². The Kier molecular flexibility index (Phi) is 8.21. The van der Waals surface area contributed by atoms with Crippen LogP contribution in [0.15, 0.2) is 60.7 Å². The number of ether oxygens (including phenoxy) is 2. The summed E-state index contributed by atoms with van der Waals surface area (Å²) in [4.78, 5) is 36.9. The Bertz CT molecular complexity index is 719. The van der Waals surface area contributed by atoms with Crippen molar-refractivity contribution in [2.24, 2.45) is 0 Å². The molecule has 0 aliphatic rings. The maximum atomic E-state index is 12.7. The minimum Gasteiger partial charge on any atom is -0.464 e. The lowest BCUT2D eigenvalue weighted by molar-refractivity contribution is -0.159. The number of rotatable bonds is 9. The molecule has 0 aliphatic carbocycles. The van der Waals surface area contributed by atoms with Crippen LogP contribution in [0.4, 0.5) is 0 Å². The zero-order chi connectivity index (χ0) is 20.4. The Balaban J connectivity index is 2.19. The zero-order valence-electron chi connectivity index (χ0n) is 16.1. The largest absolute Gasteiger partial charge is 0.464 e. The van der Waals surface area contributed by atoms with E-state index in [0.717, 1.165) is 11.1 Å². The SMILES string of the molecule is CCOC(=O)C(NC(=O)CC(c1ccccc1)c1ccccc1)C(=O)OCC. The molecule has 0 unspecified atom stereocenters. The van der Waals surface area contributed by atoms with Crippen molar-refractivity contribution in [2.75, 3.05) is 13.2 Å². The first kappa shape index (κ1) is 21.2. The average Bonchev–Trinajstić information content (AvgIpc) is 2.72. The summed E-state index contributed by atoms with van der Waals surface area (Å²) < 4.78 is 9.78. The average molecular weight is 383 g/mol. The predicted molar refractivity (Wildman–Crippen MR) is 105 cm³/mol. The van der Waals surface area contributed by atoms with Crippen molar-refractivity contribution in [3.63, 3.8) is 0 Å². The third-order valence-corrected chi connectivity index (χ3v) is 4.14. The monoisotopic (exact) mass is 383 g/mol. The van der Waals surface area contributed by atoms with Crippen LogP contribution in [-0.2, 0) is 23.9 Å². The Hall–Kier alpha value is -3.15. The van der Waals surface area contributed by atoms with Crippen LogP contribution in [0.25, 0.3) is 0 Å². The molecule has 28 heavy (non-hydrogen) atoms. The molecular weight excluding hydrogens is 358 g/mol. The first-order valence-corrected chi connectivity index (χ1v) is 9.29. The highest BCUT2D eigenvalue weighted by Gasteiger charge is 2.32. The summed E-state index contributed by atoms with van der Waals surface area (Å²) >= 11 is 0. The van der Waals surface area contributed by atoms with E-state index >= 15 is 0 Å². The number of hydrogen-bond acceptors (Lipinski definition) is 5. The van der Waals surface area contributed by atoms with Crippen molar-refractivity contribution in [1.29, 1.82) is 0 Å². The summed E-state index contributed by atoms with van der Waals surface area (Å²) in [5, 5.41) is 2.47. The van der Waals surface area contributed by atoms with Crippen molar-refractivity contribution < 1.29 is 23.9 Å². The van der Waals surface area contributed by atoms with Crippen molar-refractivity contribution in [2.45, 2.75) is 32.2 Å². The standard InChI is InChI=1S/C22H25NO5/c1-3-27-21(25)20(22(26)28-4-2)23-19(24)15-18(16-11-7-5-8-12-16)17-13-9-6-10-14-17/h5-14,18,20H,3-4,15H2,1-2H3,(H,23,24). The van der Waals surface area contributed by atoms with E-state index in [2.05, 4.69) is 5.32 Å². The lowest BCUT2D eigenvalue weighted by Crippen LogP contribution is -2.48. The van der Waals surface area contributed by atoms with E-state index in [0.29, 0.717) is 0 Å². The third kappa shape index (κ3) is 5.94. The van der Waals surface area contributed by atoms with Crippen molar-refractivity contribution in [3.8, 4) is 0 Å². The number of carbonyl (C=O) groups is 3. The van der Waals surface area contributed by atoms with Gasteiger partial charge in [0.1, 0.15) is 0 Å². The second-order valence-electron chi connectivity index (χ2n) is 6.08. The van der Waals surface area contributed by atoms with E-state index in [1.54, 1.807) is 13.8 Å². The minimum atomic E-state index is -1.47. The van der Waals surface area contributed by atoms with Crippen LogP contribution in [0.2, 0.25) is 0 Å². The Morgan fingerprint density at radius 1 is 0.786 bits per heavy atom. The molecule has 2 aromatic carbocycles. The zero-order valence-corrected chi connectivity index (χ0v) is 16.1. The van der Waals surface area contributed by atoms with E-state index in [4.69, 9.17) is 9.47 Å². The molecular formula is C22H25NO5.